The molecule has 2 aromatic carbocycles. The van der Waals surface area contributed by atoms with Crippen molar-refractivity contribution in [3.8, 4) is 28.7 Å². The van der Waals surface area contributed by atoms with Crippen LogP contribution in [0, 0.1) is 0 Å². The van der Waals surface area contributed by atoms with Gasteiger partial charge in [0.15, 0.2) is 0 Å². The molecule has 0 fully saturated rings. The van der Waals surface area contributed by atoms with Crippen molar-refractivity contribution in [2.24, 2.45) is 0 Å². The van der Waals surface area contributed by atoms with E-state index >= 15 is 0 Å². The number of hydrogen-bond acceptors (Lipinski definition) is 7. The highest BCUT2D eigenvalue weighted by molar-refractivity contribution is 9.10. The maximum atomic E-state index is 10.4. The van der Waals surface area contributed by atoms with Crippen LogP contribution in [0.5, 0.6) is 28.7 Å². The number of rotatable bonds is 2. The summed E-state index contributed by atoms with van der Waals surface area (Å²) in [5, 5.41) is 61.7. The Morgan fingerprint density at radius 3 is 1.58 bits per heavy atom. The molecular formula is C16H17BrO9. The van der Waals surface area contributed by atoms with Crippen LogP contribution in [0.25, 0.3) is 0 Å². The second-order valence-electron chi connectivity index (χ2n) is 4.29. The van der Waals surface area contributed by atoms with Gasteiger partial charge >= 0.3 is 11.9 Å². The summed E-state index contributed by atoms with van der Waals surface area (Å²) in [6.07, 6.45) is 0. The van der Waals surface area contributed by atoms with E-state index in [9.17, 15) is 9.59 Å². The number of carboxylic acids is 2. The number of carboxylic acid groups (broad SMARTS) is 2. The first-order chi connectivity index (χ1) is 12.0. The van der Waals surface area contributed by atoms with Crippen molar-refractivity contribution in [2.75, 3.05) is 0 Å². The summed E-state index contributed by atoms with van der Waals surface area (Å²) in [7, 11) is 0. The Balaban J connectivity index is 0.000000439. The number of carbonyl (C=O) groups is 2. The van der Waals surface area contributed by atoms with Crippen molar-refractivity contribution in [3.63, 3.8) is 0 Å². The average molecular weight is 433 g/mol. The van der Waals surface area contributed by atoms with Crippen LogP contribution < -0.4 is 0 Å². The summed E-state index contributed by atoms with van der Waals surface area (Å²) in [5.41, 5.74) is -0.868. The second-order valence-corrected chi connectivity index (χ2v) is 5.14. The van der Waals surface area contributed by atoms with Crippen molar-refractivity contribution in [1.29, 1.82) is 0 Å². The summed E-state index contributed by atoms with van der Waals surface area (Å²) in [6, 6.07) is 3.77. The lowest BCUT2D eigenvalue weighted by molar-refractivity contribution is 0.0680. The first-order valence-corrected chi connectivity index (χ1v) is 7.76. The molecular weight excluding hydrogens is 416 g/mol. The Labute approximate surface area is 156 Å². The number of aromatic carboxylic acids is 2. The highest BCUT2D eigenvalue weighted by Crippen LogP contribution is 2.32. The van der Waals surface area contributed by atoms with E-state index in [4.69, 9.17) is 35.7 Å². The van der Waals surface area contributed by atoms with Gasteiger partial charge in [-0.1, -0.05) is 13.8 Å². The van der Waals surface area contributed by atoms with Crippen LogP contribution in [0.2, 0.25) is 0 Å². The highest BCUT2D eigenvalue weighted by Gasteiger charge is 2.16. The lowest BCUT2D eigenvalue weighted by Crippen LogP contribution is -1.96. The molecule has 0 unspecified atom stereocenters. The van der Waals surface area contributed by atoms with E-state index in [1.165, 1.54) is 0 Å². The molecule has 0 saturated carbocycles. The largest absolute Gasteiger partial charge is 0.508 e. The smallest absolute Gasteiger partial charge is 0.343 e. The molecule has 0 amide bonds. The predicted octanol–water partition coefficient (Wildman–Crippen LogP) is 3.09. The topological polar surface area (TPSA) is 176 Å². The molecule has 7 N–H and O–H groups in total. The van der Waals surface area contributed by atoms with Crippen LogP contribution in [-0.2, 0) is 0 Å². The van der Waals surface area contributed by atoms with Gasteiger partial charge in [-0.05, 0) is 22.0 Å². The third-order valence-corrected chi connectivity index (χ3v) is 3.23. The van der Waals surface area contributed by atoms with Gasteiger partial charge in [-0.15, -0.1) is 0 Å². The van der Waals surface area contributed by atoms with Gasteiger partial charge in [0.2, 0.25) is 0 Å². The predicted molar refractivity (Wildman–Crippen MR) is 94.2 cm³/mol. The second kappa shape index (κ2) is 9.99. The molecule has 0 bridgehead atoms. The summed E-state index contributed by atoms with van der Waals surface area (Å²) in [4.78, 5) is 20.8. The van der Waals surface area contributed by atoms with Gasteiger partial charge in [-0.25, -0.2) is 9.59 Å². The maximum Gasteiger partial charge on any atom is 0.343 e. The van der Waals surface area contributed by atoms with E-state index in [1.54, 1.807) is 0 Å². The number of aromatic hydroxyl groups is 5. The molecule has 0 spiro atoms. The number of phenols is 5. The standard InChI is InChI=1S/C7H5BrO4.C7H6O5.C2H6/c8-4-1-3(7(11)12)5(9)2-6(4)10;8-3-1-4(9)6(7(11)12)5(10)2-3;1-2/h1-2,9-10H,(H,11,12);1-2,8-10H,(H,11,12);1-2H3. The van der Waals surface area contributed by atoms with Gasteiger partial charge in [0.1, 0.15) is 39.9 Å². The Morgan fingerprint density at radius 2 is 1.19 bits per heavy atom. The highest BCUT2D eigenvalue weighted by atomic mass is 79.9. The molecule has 0 heterocycles. The third-order valence-electron chi connectivity index (χ3n) is 2.59. The van der Waals surface area contributed by atoms with E-state index in [2.05, 4.69) is 15.9 Å². The van der Waals surface area contributed by atoms with Crippen LogP contribution in [-0.4, -0.2) is 47.7 Å². The van der Waals surface area contributed by atoms with Crippen LogP contribution >= 0.6 is 15.9 Å². The van der Waals surface area contributed by atoms with Gasteiger partial charge in [0.25, 0.3) is 0 Å². The van der Waals surface area contributed by atoms with Crippen LogP contribution in [0.1, 0.15) is 34.6 Å². The molecule has 0 aliphatic heterocycles. The van der Waals surface area contributed by atoms with E-state index in [0.29, 0.717) is 0 Å². The Kier molecular flexibility index (Phi) is 8.78. The monoisotopic (exact) mass is 432 g/mol. The minimum absolute atomic E-state index is 0.197. The molecule has 26 heavy (non-hydrogen) atoms. The Bertz CT molecular complexity index is 780. The zero-order chi connectivity index (χ0) is 20.6. The summed E-state index contributed by atoms with van der Waals surface area (Å²) in [5.74, 6) is -5.08. The van der Waals surface area contributed by atoms with Crippen molar-refractivity contribution in [3.05, 3.63) is 39.9 Å². The average Bonchev–Trinajstić information content (AvgIpc) is 2.51. The number of hydrogen-bond donors (Lipinski definition) is 7. The van der Waals surface area contributed by atoms with Crippen LogP contribution in [0.3, 0.4) is 0 Å². The normalized spacial score (nSPS) is 9.19. The van der Waals surface area contributed by atoms with E-state index in [1.807, 2.05) is 13.8 Å². The Morgan fingerprint density at radius 1 is 0.731 bits per heavy atom. The molecule has 2 aromatic rings. The SMILES string of the molecule is CC.O=C(O)c1c(O)cc(O)cc1O.O=C(O)c1cc(Br)c(O)cc1O. The zero-order valence-corrected chi connectivity index (χ0v) is 15.2. The zero-order valence-electron chi connectivity index (χ0n) is 13.6. The van der Waals surface area contributed by atoms with Gasteiger partial charge in [-0.2, -0.15) is 0 Å². The van der Waals surface area contributed by atoms with Crippen molar-refractivity contribution < 1.29 is 45.3 Å². The molecule has 0 aliphatic carbocycles. The molecule has 2 rings (SSSR count). The molecule has 0 radical (unpaired) electrons. The van der Waals surface area contributed by atoms with E-state index in [-0.39, 0.29) is 15.8 Å². The molecule has 10 heteroatoms. The molecule has 9 nitrogen and oxygen atoms in total. The quantitative estimate of drug-likeness (QED) is 0.375. The summed E-state index contributed by atoms with van der Waals surface area (Å²) < 4.78 is 0.234. The fourth-order valence-electron chi connectivity index (χ4n) is 1.54. The number of benzene rings is 2. The van der Waals surface area contributed by atoms with E-state index in [0.717, 1.165) is 24.3 Å². The van der Waals surface area contributed by atoms with Crippen molar-refractivity contribution in [2.45, 2.75) is 13.8 Å². The Hall–Kier alpha value is -3.14. The first-order valence-electron chi connectivity index (χ1n) is 6.97. The lowest BCUT2D eigenvalue weighted by Gasteiger charge is -2.02. The summed E-state index contributed by atoms with van der Waals surface area (Å²) >= 11 is 2.92. The van der Waals surface area contributed by atoms with Gasteiger partial charge < -0.3 is 35.7 Å². The van der Waals surface area contributed by atoms with Crippen LogP contribution in [0.15, 0.2) is 28.7 Å². The molecule has 0 aromatic heterocycles. The van der Waals surface area contributed by atoms with Gasteiger partial charge in [0, 0.05) is 18.2 Å². The lowest BCUT2D eigenvalue weighted by atomic mass is 10.1. The van der Waals surface area contributed by atoms with E-state index < -0.39 is 40.5 Å². The minimum atomic E-state index is -1.45. The third kappa shape index (κ3) is 6.06. The maximum absolute atomic E-state index is 10.4. The molecule has 0 atom stereocenters. The summed E-state index contributed by atoms with van der Waals surface area (Å²) in [6.45, 7) is 4.00. The van der Waals surface area contributed by atoms with Gasteiger partial charge in [-0.3, -0.25) is 0 Å². The number of halogens is 1. The van der Waals surface area contributed by atoms with Crippen molar-refractivity contribution in [1.82, 2.24) is 0 Å². The van der Waals surface area contributed by atoms with Crippen molar-refractivity contribution >= 4 is 27.9 Å². The first kappa shape index (κ1) is 22.9. The molecule has 142 valence electrons. The molecule has 0 aliphatic rings. The fourth-order valence-corrected chi connectivity index (χ4v) is 1.88. The molecule has 0 saturated heterocycles. The number of phenolic OH excluding ortho intramolecular Hbond substituents is 2. The minimum Gasteiger partial charge on any atom is -0.508 e. The van der Waals surface area contributed by atoms with Crippen LogP contribution in [0.4, 0.5) is 0 Å². The fraction of sp³-hybridized carbons (Fsp3) is 0.125. The van der Waals surface area contributed by atoms with Gasteiger partial charge in [0.05, 0.1) is 4.47 Å².